The number of likely N-dealkylation sites (tertiary alicyclic amines) is 1. The van der Waals surface area contributed by atoms with E-state index in [2.05, 4.69) is 0 Å². The predicted molar refractivity (Wildman–Crippen MR) is 94.6 cm³/mol. The Morgan fingerprint density at radius 3 is 2.36 bits per heavy atom. The minimum absolute atomic E-state index is 0.110. The maximum atomic E-state index is 13.3. The van der Waals surface area contributed by atoms with Gasteiger partial charge >= 0.3 is 11.9 Å². The highest BCUT2D eigenvalue weighted by atomic mass is 32.2. The molecule has 10 nitrogen and oxygen atoms in total. The van der Waals surface area contributed by atoms with Crippen LogP contribution in [0.5, 0.6) is 0 Å². The molecule has 3 aliphatic rings. The number of carbonyl (C=O) groups is 4. The molecular formula is C17H24N2O8S. The van der Waals surface area contributed by atoms with E-state index < -0.39 is 61.4 Å². The second-order valence-corrected chi connectivity index (χ2v) is 11.0. The molecule has 2 amide bonds. The fraction of sp³-hybridized carbons (Fsp3) is 0.765. The van der Waals surface area contributed by atoms with E-state index in [1.807, 2.05) is 0 Å². The lowest BCUT2D eigenvalue weighted by atomic mass is 9.94. The van der Waals surface area contributed by atoms with Gasteiger partial charge in [0, 0.05) is 6.54 Å². The number of hydrogen-bond donors (Lipinski definition) is 1. The molecule has 3 fully saturated rings. The number of esters is 1. The first-order chi connectivity index (χ1) is 12.7. The maximum Gasteiger partial charge on any atom is 0.329 e. The smallest absolute Gasteiger partial charge is 0.329 e. The number of carbonyl (C=O) groups excluding carboxylic acids is 3. The summed E-state index contributed by atoms with van der Waals surface area (Å²) in [7, 11) is -4.29. The van der Waals surface area contributed by atoms with Gasteiger partial charge in [-0.05, 0) is 40.5 Å². The highest BCUT2D eigenvalue weighted by Gasteiger charge is 2.74. The van der Waals surface area contributed by atoms with E-state index >= 15 is 0 Å². The zero-order valence-electron chi connectivity index (χ0n) is 16.2. The molecule has 0 radical (unpaired) electrons. The largest absolute Gasteiger partial charge is 0.480 e. The zero-order valence-corrected chi connectivity index (χ0v) is 17.0. The topological polar surface area (TPSA) is 138 Å². The molecular weight excluding hydrogens is 392 g/mol. The molecule has 11 heteroatoms. The van der Waals surface area contributed by atoms with Crippen molar-refractivity contribution in [1.29, 1.82) is 0 Å². The Morgan fingerprint density at radius 1 is 1.25 bits per heavy atom. The molecule has 0 aromatic carbocycles. The van der Waals surface area contributed by atoms with E-state index in [0.717, 1.165) is 16.7 Å². The lowest BCUT2D eigenvalue weighted by molar-refractivity contribution is -0.165. The molecule has 2 unspecified atom stereocenters. The van der Waals surface area contributed by atoms with Crippen LogP contribution in [0.3, 0.4) is 0 Å². The lowest BCUT2D eigenvalue weighted by Crippen LogP contribution is -2.62. The number of nitrogens with zero attached hydrogens (tertiary/aromatic N) is 2. The second-order valence-electron chi connectivity index (χ2n) is 8.54. The molecule has 0 aliphatic carbocycles. The van der Waals surface area contributed by atoms with Crippen molar-refractivity contribution in [3.63, 3.8) is 0 Å². The first-order valence-electron chi connectivity index (χ1n) is 9.05. The van der Waals surface area contributed by atoms with Crippen LogP contribution in [-0.2, 0) is 33.8 Å². The summed E-state index contributed by atoms with van der Waals surface area (Å²) in [4.78, 5) is 51.4. The minimum atomic E-state index is -4.29. The summed E-state index contributed by atoms with van der Waals surface area (Å²) < 4.78 is 29.0. The SMILES string of the molecule is CC(C)(C)OC(=O)C1CCCN1C(=O)[C@@]1(C)[C@H](C(=O)O)N2C(=O)CC2S1(=O)=O. The van der Waals surface area contributed by atoms with Gasteiger partial charge in [0.1, 0.15) is 17.0 Å². The first kappa shape index (κ1) is 20.6. The normalized spacial score (nSPS) is 34.0. The van der Waals surface area contributed by atoms with Gasteiger partial charge in [0.25, 0.3) is 0 Å². The van der Waals surface area contributed by atoms with Crippen molar-refractivity contribution in [3.8, 4) is 0 Å². The monoisotopic (exact) mass is 416 g/mol. The van der Waals surface area contributed by atoms with E-state index in [9.17, 15) is 32.7 Å². The average molecular weight is 416 g/mol. The Hall–Kier alpha value is -2.17. The number of sulfone groups is 1. The van der Waals surface area contributed by atoms with Crippen LogP contribution in [-0.4, -0.2) is 81.4 Å². The van der Waals surface area contributed by atoms with Gasteiger partial charge in [-0.1, -0.05) is 0 Å². The number of rotatable bonds is 3. The number of carboxylic acid groups (broad SMARTS) is 1. The van der Waals surface area contributed by atoms with Crippen molar-refractivity contribution >= 4 is 33.6 Å². The maximum absolute atomic E-state index is 13.3. The number of β-lactam (4-membered cyclic amide) rings is 1. The van der Waals surface area contributed by atoms with Crippen LogP contribution in [0.2, 0.25) is 0 Å². The number of fused-ring (bicyclic) bond motifs is 1. The van der Waals surface area contributed by atoms with E-state index in [-0.39, 0.29) is 13.0 Å². The molecule has 0 aromatic rings. The van der Waals surface area contributed by atoms with Crippen LogP contribution in [0.25, 0.3) is 0 Å². The van der Waals surface area contributed by atoms with Crippen LogP contribution in [0, 0.1) is 0 Å². The molecule has 0 bridgehead atoms. The van der Waals surface area contributed by atoms with Crippen LogP contribution in [0.1, 0.15) is 47.0 Å². The molecule has 1 N–H and O–H groups in total. The fourth-order valence-electron chi connectivity index (χ4n) is 4.18. The summed E-state index contributed by atoms with van der Waals surface area (Å²) in [5.74, 6) is -3.83. The zero-order chi connectivity index (χ0) is 21.2. The molecule has 156 valence electrons. The molecule has 0 spiro atoms. The molecule has 3 saturated heterocycles. The van der Waals surface area contributed by atoms with Gasteiger partial charge in [-0.3, -0.25) is 9.59 Å². The predicted octanol–water partition coefficient (Wildman–Crippen LogP) is -0.482. The van der Waals surface area contributed by atoms with Crippen LogP contribution < -0.4 is 0 Å². The third kappa shape index (κ3) is 2.70. The second kappa shape index (κ2) is 6.16. The third-order valence-corrected chi connectivity index (χ3v) is 8.24. The van der Waals surface area contributed by atoms with Crippen LogP contribution in [0.15, 0.2) is 0 Å². The van der Waals surface area contributed by atoms with Crippen molar-refractivity contribution in [3.05, 3.63) is 0 Å². The standard InChI is InChI=1S/C17H24N2O8S/c1-16(2,3)27-14(23)9-6-5-7-18(9)15(24)17(4)12(13(21)22)19-10(20)8-11(19)28(17,25)26/h9,11-12H,5-8H2,1-4H3,(H,21,22)/t9?,11?,12-,17+/m0/s1. The van der Waals surface area contributed by atoms with Gasteiger partial charge in [0.2, 0.25) is 11.8 Å². The molecule has 3 heterocycles. The average Bonchev–Trinajstić information content (AvgIpc) is 3.07. The van der Waals surface area contributed by atoms with E-state index in [1.54, 1.807) is 20.8 Å². The Labute approximate surface area is 162 Å². The molecule has 0 aromatic heterocycles. The first-order valence-corrected chi connectivity index (χ1v) is 10.6. The van der Waals surface area contributed by atoms with Gasteiger partial charge in [-0.15, -0.1) is 0 Å². The summed E-state index contributed by atoms with van der Waals surface area (Å²) >= 11 is 0. The van der Waals surface area contributed by atoms with E-state index in [0.29, 0.717) is 12.8 Å². The molecule has 28 heavy (non-hydrogen) atoms. The molecule has 3 aliphatic heterocycles. The van der Waals surface area contributed by atoms with Crippen LogP contribution in [0.4, 0.5) is 0 Å². The number of ether oxygens (including phenoxy) is 1. The summed E-state index contributed by atoms with van der Waals surface area (Å²) in [6.07, 6.45) is 0.403. The van der Waals surface area contributed by atoms with Crippen molar-refractivity contribution in [2.75, 3.05) is 6.54 Å². The summed E-state index contributed by atoms with van der Waals surface area (Å²) in [5.41, 5.74) is -0.793. The molecule has 0 saturated carbocycles. The summed E-state index contributed by atoms with van der Waals surface area (Å²) in [5, 5.41) is 8.30. The Bertz CT molecular complexity index is 861. The third-order valence-electron chi connectivity index (χ3n) is 5.55. The summed E-state index contributed by atoms with van der Waals surface area (Å²) in [6, 6.07) is -2.81. The van der Waals surface area contributed by atoms with Crippen molar-refractivity contribution in [2.45, 2.75) is 74.8 Å². The Morgan fingerprint density at radius 2 is 1.86 bits per heavy atom. The van der Waals surface area contributed by atoms with E-state index in [1.165, 1.54) is 0 Å². The number of hydrogen-bond acceptors (Lipinski definition) is 7. The van der Waals surface area contributed by atoms with Crippen molar-refractivity contribution in [2.24, 2.45) is 0 Å². The minimum Gasteiger partial charge on any atom is -0.480 e. The molecule has 4 atom stereocenters. The van der Waals surface area contributed by atoms with Gasteiger partial charge in [0.05, 0.1) is 6.42 Å². The van der Waals surface area contributed by atoms with Crippen molar-refractivity contribution < 1.29 is 37.4 Å². The molecule has 3 rings (SSSR count). The Kier molecular flexibility index (Phi) is 4.53. The van der Waals surface area contributed by atoms with Gasteiger partial charge in [-0.25, -0.2) is 18.0 Å². The van der Waals surface area contributed by atoms with Crippen molar-refractivity contribution in [1.82, 2.24) is 9.80 Å². The lowest BCUT2D eigenvalue weighted by Gasteiger charge is -2.36. The quantitative estimate of drug-likeness (QED) is 0.481. The highest BCUT2D eigenvalue weighted by molar-refractivity contribution is 7.94. The fourth-order valence-corrected chi connectivity index (χ4v) is 6.53. The van der Waals surface area contributed by atoms with Gasteiger partial charge < -0.3 is 19.6 Å². The van der Waals surface area contributed by atoms with E-state index in [4.69, 9.17) is 4.74 Å². The van der Waals surface area contributed by atoms with Gasteiger partial charge in [0.15, 0.2) is 20.6 Å². The number of carboxylic acids is 1. The number of amides is 2. The number of aliphatic carboxylic acids is 1. The van der Waals surface area contributed by atoms with Gasteiger partial charge in [-0.2, -0.15) is 0 Å². The van der Waals surface area contributed by atoms with Crippen LogP contribution >= 0.6 is 0 Å². The summed E-state index contributed by atoms with van der Waals surface area (Å²) in [6.45, 7) is 6.17. The highest BCUT2D eigenvalue weighted by Crippen LogP contribution is 2.47. The Balaban J connectivity index is 1.98.